The molecule has 0 aromatic rings. The zero-order chi connectivity index (χ0) is 13.6. The van der Waals surface area contributed by atoms with E-state index in [1.165, 1.54) is 6.07 Å². The minimum absolute atomic E-state index is 0.0107. The van der Waals surface area contributed by atoms with Gasteiger partial charge in [0.05, 0.1) is 6.07 Å². The van der Waals surface area contributed by atoms with Crippen molar-refractivity contribution in [3.05, 3.63) is 0 Å². The largest absolute Gasteiger partial charge is 0.405 e. The second kappa shape index (κ2) is 6.39. The summed E-state index contributed by atoms with van der Waals surface area (Å²) in [6, 6.07) is 1.26. The Bertz CT molecular complexity index is 293. The van der Waals surface area contributed by atoms with Crippen LogP contribution in [0.1, 0.15) is 32.1 Å². The first kappa shape index (κ1) is 15.3. The van der Waals surface area contributed by atoms with E-state index < -0.39 is 18.6 Å². The SMILES string of the molecule is N#CC(CNCC1(CO)CCCCC1)C(F)(F)F. The molecule has 1 fully saturated rings. The first-order valence-corrected chi connectivity index (χ1v) is 6.21. The quantitative estimate of drug-likeness (QED) is 0.800. The maximum Gasteiger partial charge on any atom is 0.405 e. The molecule has 3 nitrogen and oxygen atoms in total. The van der Waals surface area contributed by atoms with Gasteiger partial charge >= 0.3 is 6.18 Å². The van der Waals surface area contributed by atoms with Crippen LogP contribution in [0.4, 0.5) is 13.2 Å². The number of hydrogen-bond donors (Lipinski definition) is 2. The Morgan fingerprint density at radius 2 is 1.89 bits per heavy atom. The molecule has 2 N–H and O–H groups in total. The van der Waals surface area contributed by atoms with Gasteiger partial charge in [0.15, 0.2) is 5.92 Å². The van der Waals surface area contributed by atoms with Gasteiger partial charge < -0.3 is 10.4 Å². The molecule has 0 aromatic heterocycles. The fraction of sp³-hybridized carbons (Fsp3) is 0.917. The lowest BCUT2D eigenvalue weighted by Gasteiger charge is -2.36. The molecule has 0 saturated heterocycles. The van der Waals surface area contributed by atoms with Gasteiger partial charge in [-0.05, 0) is 12.8 Å². The Labute approximate surface area is 105 Å². The highest BCUT2D eigenvalue weighted by Gasteiger charge is 2.40. The molecule has 0 amide bonds. The van der Waals surface area contributed by atoms with Crippen molar-refractivity contribution in [2.45, 2.75) is 38.3 Å². The Hall–Kier alpha value is -0.800. The molecule has 6 heteroatoms. The van der Waals surface area contributed by atoms with Crippen LogP contribution in [0.3, 0.4) is 0 Å². The van der Waals surface area contributed by atoms with E-state index in [4.69, 9.17) is 5.26 Å². The van der Waals surface area contributed by atoms with E-state index in [1.807, 2.05) is 0 Å². The van der Waals surface area contributed by atoms with Gasteiger partial charge in [-0.25, -0.2) is 0 Å². The summed E-state index contributed by atoms with van der Waals surface area (Å²) in [5.41, 5.74) is -0.302. The predicted octanol–water partition coefficient (Wildman–Crippen LogP) is 2.22. The van der Waals surface area contributed by atoms with Crippen LogP contribution in [0.5, 0.6) is 0 Å². The summed E-state index contributed by atoms with van der Waals surface area (Å²) in [6.07, 6.45) is 0.303. The Balaban J connectivity index is 2.42. The van der Waals surface area contributed by atoms with Crippen LogP contribution in [0, 0.1) is 22.7 Å². The van der Waals surface area contributed by atoms with Crippen molar-refractivity contribution in [2.24, 2.45) is 11.3 Å². The molecule has 0 radical (unpaired) electrons. The molecule has 1 unspecified atom stereocenters. The van der Waals surface area contributed by atoms with Crippen molar-refractivity contribution < 1.29 is 18.3 Å². The first-order valence-electron chi connectivity index (χ1n) is 6.21. The molecule has 0 heterocycles. The molecule has 1 aliphatic carbocycles. The third-order valence-electron chi connectivity index (χ3n) is 3.65. The van der Waals surface area contributed by atoms with Gasteiger partial charge in [-0.2, -0.15) is 18.4 Å². The highest BCUT2D eigenvalue weighted by atomic mass is 19.4. The molecule has 0 aliphatic heterocycles. The van der Waals surface area contributed by atoms with Gasteiger partial charge in [0.2, 0.25) is 0 Å². The topological polar surface area (TPSA) is 56.0 Å². The van der Waals surface area contributed by atoms with Gasteiger partial charge in [0, 0.05) is 25.1 Å². The van der Waals surface area contributed by atoms with Gasteiger partial charge in [-0.3, -0.25) is 0 Å². The smallest absolute Gasteiger partial charge is 0.396 e. The molecule has 0 aromatic carbocycles. The number of aliphatic hydroxyl groups excluding tert-OH is 1. The van der Waals surface area contributed by atoms with E-state index >= 15 is 0 Å². The van der Waals surface area contributed by atoms with Crippen molar-refractivity contribution >= 4 is 0 Å². The molecule has 18 heavy (non-hydrogen) atoms. The van der Waals surface area contributed by atoms with Crippen molar-refractivity contribution in [1.82, 2.24) is 5.32 Å². The summed E-state index contributed by atoms with van der Waals surface area (Å²) in [7, 11) is 0. The molecule has 1 rings (SSSR count). The zero-order valence-electron chi connectivity index (χ0n) is 10.3. The minimum atomic E-state index is -4.49. The van der Waals surface area contributed by atoms with Crippen molar-refractivity contribution in [1.29, 1.82) is 5.26 Å². The standard InChI is InChI=1S/C12H19F3N2O/c13-12(14,15)10(6-16)7-17-8-11(9-18)4-2-1-3-5-11/h10,17-18H,1-5,7-9H2. The van der Waals surface area contributed by atoms with E-state index in [9.17, 15) is 18.3 Å². The number of nitrogens with zero attached hydrogens (tertiary/aromatic N) is 1. The Kier molecular flexibility index (Phi) is 5.42. The third-order valence-corrected chi connectivity index (χ3v) is 3.65. The second-order valence-electron chi connectivity index (χ2n) is 5.07. The van der Waals surface area contributed by atoms with E-state index in [0.717, 1.165) is 32.1 Å². The lowest BCUT2D eigenvalue weighted by atomic mass is 9.74. The monoisotopic (exact) mass is 264 g/mol. The Morgan fingerprint density at radius 3 is 2.33 bits per heavy atom. The molecule has 1 aliphatic rings. The molecule has 1 saturated carbocycles. The van der Waals surface area contributed by atoms with Crippen LogP contribution >= 0.6 is 0 Å². The normalized spacial score (nSPS) is 21.3. The number of rotatable bonds is 5. The fourth-order valence-electron chi connectivity index (χ4n) is 2.41. The van der Waals surface area contributed by atoms with Crippen molar-refractivity contribution in [3.8, 4) is 6.07 Å². The molecular weight excluding hydrogens is 245 g/mol. The van der Waals surface area contributed by atoms with Crippen LogP contribution in [-0.4, -0.2) is 31.0 Å². The summed E-state index contributed by atoms with van der Waals surface area (Å²) in [5, 5.41) is 20.6. The Morgan fingerprint density at radius 1 is 1.28 bits per heavy atom. The van der Waals surface area contributed by atoms with Crippen LogP contribution in [0.25, 0.3) is 0 Å². The molecular formula is C12H19F3N2O. The van der Waals surface area contributed by atoms with Crippen molar-refractivity contribution in [2.75, 3.05) is 19.7 Å². The van der Waals surface area contributed by atoms with E-state index in [0.29, 0.717) is 6.54 Å². The lowest BCUT2D eigenvalue weighted by Crippen LogP contribution is -2.42. The fourth-order valence-corrected chi connectivity index (χ4v) is 2.41. The van der Waals surface area contributed by atoms with Gasteiger partial charge in [-0.1, -0.05) is 19.3 Å². The maximum absolute atomic E-state index is 12.4. The summed E-state index contributed by atoms with van der Waals surface area (Å²) in [4.78, 5) is 0. The first-order chi connectivity index (χ1) is 8.43. The third kappa shape index (κ3) is 4.14. The average Bonchev–Trinajstić information content (AvgIpc) is 2.34. The van der Waals surface area contributed by atoms with Crippen LogP contribution in [-0.2, 0) is 0 Å². The minimum Gasteiger partial charge on any atom is -0.396 e. The van der Waals surface area contributed by atoms with E-state index in [2.05, 4.69) is 5.32 Å². The van der Waals surface area contributed by atoms with Gasteiger partial charge in [0.25, 0.3) is 0 Å². The number of alkyl halides is 3. The van der Waals surface area contributed by atoms with Crippen molar-refractivity contribution in [3.63, 3.8) is 0 Å². The summed E-state index contributed by atoms with van der Waals surface area (Å²) in [5.74, 6) is -1.98. The van der Waals surface area contributed by atoms with E-state index in [-0.39, 0.29) is 12.0 Å². The average molecular weight is 264 g/mol. The number of nitrogens with one attached hydrogen (secondary N) is 1. The predicted molar refractivity (Wildman–Crippen MR) is 60.6 cm³/mol. The highest BCUT2D eigenvalue weighted by Crippen LogP contribution is 2.35. The van der Waals surface area contributed by atoms with Crippen LogP contribution < -0.4 is 5.32 Å². The lowest BCUT2D eigenvalue weighted by molar-refractivity contribution is -0.158. The molecule has 0 bridgehead atoms. The highest BCUT2D eigenvalue weighted by molar-refractivity contribution is 4.91. The molecule has 0 spiro atoms. The molecule has 104 valence electrons. The second-order valence-corrected chi connectivity index (χ2v) is 5.07. The van der Waals surface area contributed by atoms with Crippen LogP contribution in [0.15, 0.2) is 0 Å². The van der Waals surface area contributed by atoms with Crippen LogP contribution in [0.2, 0.25) is 0 Å². The maximum atomic E-state index is 12.4. The number of halogens is 3. The van der Waals surface area contributed by atoms with E-state index in [1.54, 1.807) is 0 Å². The number of aliphatic hydroxyl groups is 1. The summed E-state index contributed by atoms with van der Waals surface area (Å²) in [6.45, 7) is -0.0667. The molecule has 1 atom stereocenters. The zero-order valence-corrected chi connectivity index (χ0v) is 10.3. The van der Waals surface area contributed by atoms with Gasteiger partial charge in [0.1, 0.15) is 0 Å². The number of nitriles is 1. The summed E-state index contributed by atoms with van der Waals surface area (Å²) < 4.78 is 37.1. The van der Waals surface area contributed by atoms with Gasteiger partial charge in [-0.15, -0.1) is 0 Å². The number of hydrogen-bond acceptors (Lipinski definition) is 3. The summed E-state index contributed by atoms with van der Waals surface area (Å²) >= 11 is 0.